The summed E-state index contributed by atoms with van der Waals surface area (Å²) in [6.45, 7) is 1.40. The molecule has 0 aliphatic carbocycles. The molecular weight excluding hydrogens is 241 g/mol. The van der Waals surface area contributed by atoms with Gasteiger partial charge in [0.2, 0.25) is 0 Å². The van der Waals surface area contributed by atoms with Crippen LogP contribution in [0.15, 0.2) is 42.6 Å². The summed E-state index contributed by atoms with van der Waals surface area (Å²) in [5.41, 5.74) is 2.02. The number of aromatic nitrogens is 1. The predicted molar refractivity (Wildman–Crippen MR) is 70.8 cm³/mol. The molecule has 1 aromatic carbocycles. The van der Waals surface area contributed by atoms with Crippen LogP contribution >= 0.6 is 0 Å². The monoisotopic (exact) mass is 255 g/mol. The second-order valence-corrected chi connectivity index (χ2v) is 4.17. The van der Waals surface area contributed by atoms with E-state index in [-0.39, 0.29) is 5.56 Å². The van der Waals surface area contributed by atoms with Crippen LogP contribution in [0.4, 0.5) is 4.39 Å². The number of nitrogens with one attached hydrogen (secondary N) is 1. The average molecular weight is 255 g/mol. The van der Waals surface area contributed by atoms with Gasteiger partial charge in [0.1, 0.15) is 11.9 Å². The van der Waals surface area contributed by atoms with E-state index >= 15 is 0 Å². The first-order valence-corrected chi connectivity index (χ1v) is 6.09. The zero-order valence-electron chi connectivity index (χ0n) is 10.4. The molecule has 0 aliphatic heterocycles. The molecule has 1 aromatic heterocycles. The standard InChI is InChI=1S/C15H14FN3/c16-15-5-4-12(9-13(15)10-17)11-18-8-6-14-3-1-2-7-19-14/h1-5,7,9,18H,6,8,11H2. The summed E-state index contributed by atoms with van der Waals surface area (Å²) in [5, 5.41) is 12.0. The van der Waals surface area contributed by atoms with Gasteiger partial charge < -0.3 is 5.32 Å². The number of halogens is 1. The molecule has 96 valence electrons. The highest BCUT2D eigenvalue weighted by Gasteiger charge is 2.02. The van der Waals surface area contributed by atoms with Crippen molar-refractivity contribution < 1.29 is 4.39 Å². The molecule has 0 aliphatic rings. The Morgan fingerprint density at radius 2 is 2.16 bits per heavy atom. The number of benzene rings is 1. The van der Waals surface area contributed by atoms with E-state index in [2.05, 4.69) is 10.3 Å². The second kappa shape index (κ2) is 6.62. The lowest BCUT2D eigenvalue weighted by atomic mass is 10.1. The Labute approximate surface area is 111 Å². The van der Waals surface area contributed by atoms with E-state index in [0.717, 1.165) is 24.2 Å². The van der Waals surface area contributed by atoms with Crippen molar-refractivity contribution in [3.05, 3.63) is 65.2 Å². The maximum absolute atomic E-state index is 13.1. The van der Waals surface area contributed by atoms with Gasteiger partial charge in [-0.15, -0.1) is 0 Å². The zero-order valence-corrected chi connectivity index (χ0v) is 10.4. The summed E-state index contributed by atoms with van der Waals surface area (Å²) in [4.78, 5) is 4.23. The highest BCUT2D eigenvalue weighted by Crippen LogP contribution is 2.09. The Hall–Kier alpha value is -2.25. The lowest BCUT2D eigenvalue weighted by molar-refractivity contribution is 0.620. The third-order valence-electron chi connectivity index (χ3n) is 2.76. The normalized spacial score (nSPS) is 10.1. The molecule has 0 spiro atoms. The SMILES string of the molecule is N#Cc1cc(CNCCc2ccccn2)ccc1F. The minimum Gasteiger partial charge on any atom is -0.312 e. The van der Waals surface area contributed by atoms with Crippen LogP contribution in [0.1, 0.15) is 16.8 Å². The summed E-state index contributed by atoms with van der Waals surface area (Å²) in [7, 11) is 0. The van der Waals surface area contributed by atoms with Crippen LogP contribution in [0.3, 0.4) is 0 Å². The highest BCUT2D eigenvalue weighted by molar-refractivity contribution is 5.34. The summed E-state index contributed by atoms with van der Waals surface area (Å²) in [6.07, 6.45) is 2.61. The molecule has 0 amide bonds. The maximum Gasteiger partial charge on any atom is 0.140 e. The number of nitriles is 1. The van der Waals surface area contributed by atoms with Crippen LogP contribution in [0.2, 0.25) is 0 Å². The zero-order chi connectivity index (χ0) is 13.5. The van der Waals surface area contributed by atoms with Crippen molar-refractivity contribution in [2.45, 2.75) is 13.0 Å². The van der Waals surface area contributed by atoms with Crippen molar-refractivity contribution in [1.82, 2.24) is 10.3 Å². The number of pyridine rings is 1. The summed E-state index contributed by atoms with van der Waals surface area (Å²) in [6, 6.07) is 12.3. The fraction of sp³-hybridized carbons (Fsp3) is 0.200. The fourth-order valence-electron chi connectivity index (χ4n) is 1.76. The molecule has 0 atom stereocenters. The fourth-order valence-corrected chi connectivity index (χ4v) is 1.76. The predicted octanol–water partition coefficient (Wildman–Crippen LogP) is 2.42. The largest absolute Gasteiger partial charge is 0.312 e. The lowest BCUT2D eigenvalue weighted by Gasteiger charge is -2.05. The van der Waals surface area contributed by atoms with Crippen molar-refractivity contribution in [1.29, 1.82) is 5.26 Å². The van der Waals surface area contributed by atoms with Crippen LogP contribution in [0.25, 0.3) is 0 Å². The molecule has 19 heavy (non-hydrogen) atoms. The van der Waals surface area contributed by atoms with Gasteiger partial charge in [-0.1, -0.05) is 12.1 Å². The van der Waals surface area contributed by atoms with Gasteiger partial charge in [-0.2, -0.15) is 5.26 Å². The van der Waals surface area contributed by atoms with E-state index in [9.17, 15) is 4.39 Å². The first-order chi connectivity index (χ1) is 9.29. The van der Waals surface area contributed by atoms with Crippen LogP contribution in [-0.2, 0) is 13.0 Å². The molecular formula is C15H14FN3. The average Bonchev–Trinajstić information content (AvgIpc) is 2.46. The summed E-state index contributed by atoms with van der Waals surface area (Å²) >= 11 is 0. The molecule has 0 bridgehead atoms. The molecule has 2 rings (SSSR count). The molecule has 0 fully saturated rings. The van der Waals surface area contributed by atoms with Gasteiger partial charge in [0.25, 0.3) is 0 Å². The Morgan fingerprint density at radius 3 is 2.89 bits per heavy atom. The van der Waals surface area contributed by atoms with E-state index in [1.807, 2.05) is 24.3 Å². The number of hydrogen-bond acceptors (Lipinski definition) is 3. The number of nitrogens with zero attached hydrogens (tertiary/aromatic N) is 2. The lowest BCUT2D eigenvalue weighted by Crippen LogP contribution is -2.17. The van der Waals surface area contributed by atoms with Gasteiger partial charge in [0, 0.05) is 31.4 Å². The van der Waals surface area contributed by atoms with E-state index in [0.29, 0.717) is 6.54 Å². The topological polar surface area (TPSA) is 48.7 Å². The van der Waals surface area contributed by atoms with Crippen molar-refractivity contribution in [3.8, 4) is 6.07 Å². The first kappa shape index (κ1) is 13.2. The van der Waals surface area contributed by atoms with Gasteiger partial charge in [-0.05, 0) is 29.8 Å². The maximum atomic E-state index is 13.1. The van der Waals surface area contributed by atoms with E-state index in [1.54, 1.807) is 18.3 Å². The second-order valence-electron chi connectivity index (χ2n) is 4.17. The van der Waals surface area contributed by atoms with Gasteiger partial charge in [-0.3, -0.25) is 4.98 Å². The van der Waals surface area contributed by atoms with Crippen molar-refractivity contribution in [3.63, 3.8) is 0 Å². The minimum atomic E-state index is -0.472. The highest BCUT2D eigenvalue weighted by atomic mass is 19.1. The number of rotatable bonds is 5. The molecule has 0 unspecified atom stereocenters. The van der Waals surface area contributed by atoms with Crippen LogP contribution in [0, 0.1) is 17.1 Å². The van der Waals surface area contributed by atoms with Gasteiger partial charge in [0.15, 0.2) is 0 Å². The molecule has 0 radical (unpaired) electrons. The smallest absolute Gasteiger partial charge is 0.140 e. The van der Waals surface area contributed by atoms with Gasteiger partial charge >= 0.3 is 0 Å². The Bertz CT molecular complexity index is 576. The van der Waals surface area contributed by atoms with E-state index in [4.69, 9.17) is 5.26 Å². The molecule has 1 N–H and O–H groups in total. The van der Waals surface area contributed by atoms with Crippen molar-refractivity contribution in [2.24, 2.45) is 0 Å². The molecule has 0 saturated carbocycles. The third-order valence-corrected chi connectivity index (χ3v) is 2.76. The third kappa shape index (κ3) is 3.87. The van der Waals surface area contributed by atoms with Gasteiger partial charge in [0.05, 0.1) is 5.56 Å². The van der Waals surface area contributed by atoms with Crippen LogP contribution in [0.5, 0.6) is 0 Å². The Balaban J connectivity index is 1.82. The van der Waals surface area contributed by atoms with Crippen molar-refractivity contribution in [2.75, 3.05) is 6.54 Å². The van der Waals surface area contributed by atoms with Crippen LogP contribution in [-0.4, -0.2) is 11.5 Å². The number of hydrogen-bond donors (Lipinski definition) is 1. The van der Waals surface area contributed by atoms with E-state index in [1.165, 1.54) is 6.07 Å². The van der Waals surface area contributed by atoms with Crippen molar-refractivity contribution >= 4 is 0 Å². The summed E-state index contributed by atoms with van der Waals surface area (Å²) < 4.78 is 13.1. The molecule has 4 heteroatoms. The van der Waals surface area contributed by atoms with E-state index < -0.39 is 5.82 Å². The molecule has 1 heterocycles. The Morgan fingerprint density at radius 1 is 1.26 bits per heavy atom. The molecule has 0 saturated heterocycles. The molecule has 3 nitrogen and oxygen atoms in total. The molecule has 2 aromatic rings. The first-order valence-electron chi connectivity index (χ1n) is 6.09. The Kier molecular flexibility index (Phi) is 4.60. The quantitative estimate of drug-likeness (QED) is 0.835. The summed E-state index contributed by atoms with van der Waals surface area (Å²) in [5.74, 6) is -0.472. The van der Waals surface area contributed by atoms with Gasteiger partial charge in [-0.25, -0.2) is 4.39 Å². The minimum absolute atomic E-state index is 0.0871. The van der Waals surface area contributed by atoms with Crippen LogP contribution < -0.4 is 5.32 Å².